The number of hydrogen-bond acceptors (Lipinski definition) is 3. The molecular formula is C23H24ClN3O3. The Balaban J connectivity index is 1.43. The van der Waals surface area contributed by atoms with Crippen LogP contribution in [0, 0.1) is 0 Å². The summed E-state index contributed by atoms with van der Waals surface area (Å²) in [5.41, 5.74) is 1.85. The Morgan fingerprint density at radius 1 is 1.23 bits per heavy atom. The topological polar surface area (TPSA) is 78.5 Å². The van der Waals surface area contributed by atoms with Gasteiger partial charge in [0.05, 0.1) is 0 Å². The molecule has 30 heavy (non-hydrogen) atoms. The highest BCUT2D eigenvalue weighted by Gasteiger charge is 2.54. The van der Waals surface area contributed by atoms with Crippen LogP contribution in [0.3, 0.4) is 0 Å². The Morgan fingerprint density at radius 3 is 2.83 bits per heavy atom. The fourth-order valence-electron chi connectivity index (χ4n) is 4.49. The third-order valence-corrected chi connectivity index (χ3v) is 6.03. The molecule has 0 radical (unpaired) electrons. The molecule has 7 heteroatoms. The molecular weight excluding hydrogens is 402 g/mol. The highest BCUT2D eigenvalue weighted by molar-refractivity contribution is 6.30. The van der Waals surface area contributed by atoms with Gasteiger partial charge in [-0.2, -0.15) is 0 Å². The van der Waals surface area contributed by atoms with Crippen LogP contribution < -0.4 is 10.6 Å². The Labute approximate surface area is 180 Å². The fraction of sp³-hybridized carbons (Fsp3) is 0.348. The number of rotatable bonds is 5. The minimum Gasteiger partial charge on any atom is -0.352 e. The van der Waals surface area contributed by atoms with Gasteiger partial charge in [0.2, 0.25) is 5.91 Å². The average molecular weight is 426 g/mol. The van der Waals surface area contributed by atoms with Crippen molar-refractivity contribution in [3.63, 3.8) is 0 Å². The molecule has 2 aromatic carbocycles. The predicted molar refractivity (Wildman–Crippen MR) is 114 cm³/mol. The second-order valence-corrected chi connectivity index (χ2v) is 8.48. The molecule has 1 spiro atoms. The first-order valence-electron chi connectivity index (χ1n) is 10.2. The second-order valence-electron chi connectivity index (χ2n) is 8.04. The van der Waals surface area contributed by atoms with Crippen LogP contribution in [0.15, 0.2) is 48.5 Å². The van der Waals surface area contributed by atoms with E-state index >= 15 is 0 Å². The second kappa shape index (κ2) is 8.11. The summed E-state index contributed by atoms with van der Waals surface area (Å²) in [7, 11) is 0. The van der Waals surface area contributed by atoms with E-state index in [0.717, 1.165) is 34.4 Å². The molecule has 1 aliphatic carbocycles. The van der Waals surface area contributed by atoms with Gasteiger partial charge < -0.3 is 10.6 Å². The van der Waals surface area contributed by atoms with Gasteiger partial charge in [-0.3, -0.25) is 14.5 Å². The third-order valence-electron chi connectivity index (χ3n) is 5.79. The molecule has 2 atom stereocenters. The first kappa shape index (κ1) is 20.4. The van der Waals surface area contributed by atoms with Gasteiger partial charge in [0.1, 0.15) is 12.1 Å². The summed E-state index contributed by atoms with van der Waals surface area (Å²) in [5.74, 6) is -0.716. The van der Waals surface area contributed by atoms with Crippen LogP contribution in [0.5, 0.6) is 0 Å². The highest BCUT2D eigenvalue weighted by atomic mass is 35.5. The van der Waals surface area contributed by atoms with Gasteiger partial charge >= 0.3 is 6.03 Å². The number of hydrogen-bond donors (Lipinski definition) is 2. The lowest BCUT2D eigenvalue weighted by molar-refractivity contribution is -0.135. The fourth-order valence-corrected chi connectivity index (χ4v) is 4.70. The first-order valence-corrected chi connectivity index (χ1v) is 10.5. The number of nitrogens with zero attached hydrogens (tertiary/aromatic N) is 1. The summed E-state index contributed by atoms with van der Waals surface area (Å²) in [6, 6.07) is 14.5. The first-order chi connectivity index (χ1) is 14.4. The van der Waals surface area contributed by atoms with Crippen molar-refractivity contribution in [3.8, 4) is 0 Å². The van der Waals surface area contributed by atoms with Gasteiger partial charge in [-0.25, -0.2) is 4.79 Å². The van der Waals surface area contributed by atoms with Crippen LogP contribution in [0.4, 0.5) is 4.79 Å². The van der Waals surface area contributed by atoms with E-state index in [4.69, 9.17) is 11.6 Å². The molecule has 4 amide bonds. The quantitative estimate of drug-likeness (QED) is 0.722. The molecule has 2 aliphatic rings. The number of benzene rings is 2. The molecule has 6 nitrogen and oxygen atoms in total. The van der Waals surface area contributed by atoms with Crippen molar-refractivity contribution in [2.75, 3.05) is 6.54 Å². The van der Waals surface area contributed by atoms with Crippen LogP contribution in [0.25, 0.3) is 0 Å². The van der Waals surface area contributed by atoms with E-state index in [2.05, 4.69) is 10.6 Å². The number of urea groups is 1. The van der Waals surface area contributed by atoms with Gasteiger partial charge in [-0.1, -0.05) is 48.0 Å². The number of fused-ring (bicyclic) bond motifs is 2. The lowest BCUT2D eigenvalue weighted by Crippen LogP contribution is -2.47. The maximum atomic E-state index is 13.3. The monoisotopic (exact) mass is 425 g/mol. The number of amides is 4. The maximum absolute atomic E-state index is 13.3. The number of nitrogens with one attached hydrogen (secondary N) is 2. The van der Waals surface area contributed by atoms with Crippen LogP contribution in [0.2, 0.25) is 5.02 Å². The molecule has 156 valence electrons. The molecule has 0 bridgehead atoms. The summed E-state index contributed by atoms with van der Waals surface area (Å²) in [6.07, 6.45) is 2.82. The van der Waals surface area contributed by atoms with Crippen molar-refractivity contribution in [3.05, 3.63) is 70.2 Å². The number of carbonyl (C=O) groups excluding carboxylic acids is 3. The molecule has 2 aromatic rings. The van der Waals surface area contributed by atoms with Gasteiger partial charge in [-0.15, -0.1) is 0 Å². The molecule has 0 saturated carbocycles. The van der Waals surface area contributed by atoms with E-state index in [9.17, 15) is 14.4 Å². The lowest BCUT2D eigenvalue weighted by Gasteiger charge is -2.33. The SMILES string of the molecule is C[C@@H](Cc1cccc(Cl)c1)NC(=O)CN1C(=O)N[C@@]2(CCCc3ccccc32)C1=O. The Morgan fingerprint density at radius 2 is 2.03 bits per heavy atom. The smallest absolute Gasteiger partial charge is 0.325 e. The number of aryl methyl sites for hydroxylation is 1. The predicted octanol–water partition coefficient (Wildman–Crippen LogP) is 3.17. The van der Waals surface area contributed by atoms with Crippen molar-refractivity contribution in [2.45, 2.75) is 44.2 Å². The van der Waals surface area contributed by atoms with E-state index in [1.54, 1.807) is 6.07 Å². The molecule has 1 saturated heterocycles. The van der Waals surface area contributed by atoms with Gasteiger partial charge in [0.15, 0.2) is 0 Å². The average Bonchev–Trinajstić information content (AvgIpc) is 2.93. The zero-order valence-corrected chi connectivity index (χ0v) is 17.5. The summed E-state index contributed by atoms with van der Waals surface area (Å²) in [5, 5.41) is 6.39. The summed E-state index contributed by atoms with van der Waals surface area (Å²) in [4.78, 5) is 39.5. The molecule has 0 aromatic heterocycles. The van der Waals surface area contributed by atoms with E-state index in [1.807, 2.05) is 49.4 Å². The largest absolute Gasteiger partial charge is 0.352 e. The summed E-state index contributed by atoms with van der Waals surface area (Å²) < 4.78 is 0. The Hall–Kier alpha value is -2.86. The van der Waals surface area contributed by atoms with Crippen LogP contribution >= 0.6 is 11.6 Å². The summed E-state index contributed by atoms with van der Waals surface area (Å²) >= 11 is 6.01. The van der Waals surface area contributed by atoms with E-state index < -0.39 is 11.6 Å². The van der Waals surface area contributed by atoms with E-state index in [1.165, 1.54) is 0 Å². The van der Waals surface area contributed by atoms with Crippen molar-refractivity contribution in [1.82, 2.24) is 15.5 Å². The van der Waals surface area contributed by atoms with Crippen LogP contribution in [-0.2, 0) is 28.0 Å². The van der Waals surface area contributed by atoms with Crippen molar-refractivity contribution in [2.24, 2.45) is 0 Å². The Bertz CT molecular complexity index is 1010. The summed E-state index contributed by atoms with van der Waals surface area (Å²) in [6.45, 7) is 1.58. The molecule has 1 heterocycles. The van der Waals surface area contributed by atoms with Crippen molar-refractivity contribution >= 4 is 29.4 Å². The van der Waals surface area contributed by atoms with Gasteiger partial charge in [0, 0.05) is 11.1 Å². The molecule has 0 unspecified atom stereocenters. The van der Waals surface area contributed by atoms with Gasteiger partial charge in [0.25, 0.3) is 5.91 Å². The normalized spacial score (nSPS) is 21.3. The van der Waals surface area contributed by atoms with Crippen LogP contribution in [-0.4, -0.2) is 35.3 Å². The standard InChI is InChI=1S/C23H24ClN3O3/c1-15(12-16-6-4-9-18(24)13-16)25-20(28)14-27-21(29)23(26-22(27)30)11-5-8-17-7-2-3-10-19(17)23/h2-4,6-7,9-10,13,15H,5,8,11-12,14H2,1H3,(H,25,28)(H,26,30)/t15-,23+/m0/s1. The highest BCUT2D eigenvalue weighted by Crippen LogP contribution is 2.39. The number of carbonyl (C=O) groups is 3. The third kappa shape index (κ3) is 3.79. The zero-order chi connectivity index (χ0) is 21.3. The molecule has 4 rings (SSSR count). The van der Waals surface area contributed by atoms with Crippen LogP contribution in [0.1, 0.15) is 36.5 Å². The van der Waals surface area contributed by atoms with E-state index in [0.29, 0.717) is 17.9 Å². The zero-order valence-electron chi connectivity index (χ0n) is 16.8. The van der Waals surface area contributed by atoms with Crippen molar-refractivity contribution < 1.29 is 14.4 Å². The number of halogens is 1. The Kier molecular flexibility index (Phi) is 5.52. The minimum absolute atomic E-state index is 0.166. The minimum atomic E-state index is -1.06. The lowest BCUT2D eigenvalue weighted by atomic mass is 9.76. The molecule has 1 aliphatic heterocycles. The van der Waals surface area contributed by atoms with Crippen molar-refractivity contribution in [1.29, 1.82) is 0 Å². The number of imide groups is 1. The maximum Gasteiger partial charge on any atom is 0.325 e. The molecule has 1 fully saturated rings. The van der Waals surface area contributed by atoms with Gasteiger partial charge in [-0.05, 0) is 61.4 Å². The van der Waals surface area contributed by atoms with E-state index in [-0.39, 0.29) is 24.4 Å². The molecule has 2 N–H and O–H groups in total.